The second-order valence-electron chi connectivity index (χ2n) is 8.60. The van der Waals surface area contributed by atoms with Gasteiger partial charge in [-0.25, -0.2) is 0 Å². The number of ether oxygens (including phenoxy) is 1. The number of fused-ring (bicyclic) bond motifs is 2. The summed E-state index contributed by atoms with van der Waals surface area (Å²) in [4.78, 5) is 42.1. The van der Waals surface area contributed by atoms with Gasteiger partial charge in [-0.1, -0.05) is 13.0 Å². The highest BCUT2D eigenvalue weighted by molar-refractivity contribution is 7.17. The van der Waals surface area contributed by atoms with Gasteiger partial charge in [0, 0.05) is 18.5 Å². The number of rotatable bonds is 5. The van der Waals surface area contributed by atoms with E-state index in [-0.39, 0.29) is 5.91 Å². The Morgan fingerprint density at radius 2 is 2.00 bits per heavy atom. The second kappa shape index (κ2) is 8.58. The van der Waals surface area contributed by atoms with Gasteiger partial charge in [-0.15, -0.1) is 11.3 Å². The Labute approximate surface area is 192 Å². The number of carbonyl (C=O) groups is 3. The van der Waals surface area contributed by atoms with Crippen molar-refractivity contribution in [2.75, 3.05) is 23.8 Å². The lowest BCUT2D eigenvalue weighted by Gasteiger charge is -2.38. The molecule has 2 aromatic rings. The number of amides is 3. The van der Waals surface area contributed by atoms with E-state index in [1.54, 1.807) is 13.1 Å². The summed E-state index contributed by atoms with van der Waals surface area (Å²) in [5.41, 5.74) is 1.43. The Balaban J connectivity index is 1.66. The first-order valence-corrected chi connectivity index (χ1v) is 11.9. The molecule has 1 atom stereocenters. The molecule has 1 unspecified atom stereocenters. The van der Waals surface area contributed by atoms with Crippen molar-refractivity contribution in [3.05, 3.63) is 39.8 Å². The molecule has 1 aromatic heterocycles. The highest BCUT2D eigenvalue weighted by Crippen LogP contribution is 2.41. The summed E-state index contributed by atoms with van der Waals surface area (Å²) in [6.07, 6.45) is 4.62. The summed E-state index contributed by atoms with van der Waals surface area (Å²) >= 11 is 1.43. The Bertz CT molecular complexity index is 1090. The minimum atomic E-state index is -1.74. The van der Waals surface area contributed by atoms with Crippen molar-refractivity contribution in [2.45, 2.75) is 58.5 Å². The van der Waals surface area contributed by atoms with Crippen LogP contribution in [0.3, 0.4) is 0 Å². The minimum absolute atomic E-state index is 0.180. The third-order valence-corrected chi connectivity index (χ3v) is 7.30. The van der Waals surface area contributed by atoms with Gasteiger partial charge in [0.25, 0.3) is 23.3 Å². The van der Waals surface area contributed by atoms with Crippen molar-refractivity contribution < 1.29 is 19.1 Å². The number of carbonyl (C=O) groups excluding carboxylic acids is 3. The Morgan fingerprint density at radius 1 is 1.25 bits per heavy atom. The molecule has 2 heterocycles. The molecule has 7 nitrogen and oxygen atoms in total. The standard InChI is InChI=1S/C24H29N3O4S/c1-5-12-25-20(28)19-15-8-6-7-9-18(15)32-21(19)26-22(29)24(3)23(30)27(4)16-13-14(2)10-11-17(16)31-24/h10-11,13H,5-9,12H2,1-4H3,(H,25,28)(H,26,29). The molecule has 0 bridgehead atoms. The summed E-state index contributed by atoms with van der Waals surface area (Å²) in [7, 11) is 1.64. The van der Waals surface area contributed by atoms with Crippen molar-refractivity contribution in [3.8, 4) is 5.75 Å². The summed E-state index contributed by atoms with van der Waals surface area (Å²) in [5, 5.41) is 6.30. The van der Waals surface area contributed by atoms with Gasteiger partial charge in [0.05, 0.1) is 11.3 Å². The summed E-state index contributed by atoms with van der Waals surface area (Å²) in [6.45, 7) is 5.98. The zero-order valence-electron chi connectivity index (χ0n) is 19.0. The van der Waals surface area contributed by atoms with Gasteiger partial charge < -0.3 is 20.3 Å². The van der Waals surface area contributed by atoms with Crippen LogP contribution in [0.5, 0.6) is 5.75 Å². The van der Waals surface area contributed by atoms with Crippen LogP contribution in [0.1, 0.15) is 59.5 Å². The van der Waals surface area contributed by atoms with E-state index in [1.165, 1.54) is 23.2 Å². The second-order valence-corrected chi connectivity index (χ2v) is 9.70. The lowest BCUT2D eigenvalue weighted by atomic mass is 9.95. The van der Waals surface area contributed by atoms with E-state index in [4.69, 9.17) is 4.74 Å². The smallest absolute Gasteiger partial charge is 0.280 e. The van der Waals surface area contributed by atoms with Gasteiger partial charge in [0.15, 0.2) is 0 Å². The number of nitrogens with zero attached hydrogens (tertiary/aromatic N) is 1. The molecule has 3 amide bonds. The molecule has 1 aliphatic heterocycles. The largest absolute Gasteiger partial charge is 0.465 e. The molecular formula is C24H29N3O4S. The number of thiophene rings is 1. The first kappa shape index (κ1) is 22.3. The molecule has 0 fully saturated rings. The molecule has 1 aliphatic carbocycles. The SMILES string of the molecule is CCCNC(=O)c1c(NC(=O)C2(C)Oc3ccc(C)cc3N(C)C2=O)sc2c1CCCC2. The maximum absolute atomic E-state index is 13.4. The fraction of sp³-hybridized carbons (Fsp3) is 0.458. The predicted octanol–water partition coefficient (Wildman–Crippen LogP) is 3.83. The van der Waals surface area contributed by atoms with Crippen molar-refractivity contribution in [2.24, 2.45) is 0 Å². The van der Waals surface area contributed by atoms with E-state index in [0.717, 1.165) is 48.1 Å². The summed E-state index contributed by atoms with van der Waals surface area (Å²) < 4.78 is 5.96. The topological polar surface area (TPSA) is 87.7 Å². The number of likely N-dealkylation sites (N-methyl/N-ethyl adjacent to an activating group) is 1. The van der Waals surface area contributed by atoms with Crippen LogP contribution in [-0.2, 0) is 22.4 Å². The third-order valence-electron chi connectivity index (χ3n) is 6.10. The molecule has 8 heteroatoms. The van der Waals surface area contributed by atoms with Crippen LogP contribution in [0, 0.1) is 6.92 Å². The van der Waals surface area contributed by atoms with E-state index < -0.39 is 17.4 Å². The maximum Gasteiger partial charge on any atom is 0.280 e. The fourth-order valence-electron chi connectivity index (χ4n) is 4.26. The van der Waals surface area contributed by atoms with E-state index in [0.29, 0.717) is 28.5 Å². The molecular weight excluding hydrogens is 426 g/mol. The van der Waals surface area contributed by atoms with Gasteiger partial charge in [-0.05, 0) is 69.2 Å². The number of hydrogen-bond acceptors (Lipinski definition) is 5. The first-order chi connectivity index (χ1) is 15.3. The van der Waals surface area contributed by atoms with Gasteiger partial charge in [-0.3, -0.25) is 14.4 Å². The average Bonchev–Trinajstić information content (AvgIpc) is 3.14. The highest BCUT2D eigenvalue weighted by Gasteiger charge is 2.50. The molecule has 2 N–H and O–H groups in total. The maximum atomic E-state index is 13.4. The molecule has 32 heavy (non-hydrogen) atoms. The fourth-order valence-corrected chi connectivity index (χ4v) is 5.54. The average molecular weight is 456 g/mol. The molecule has 1 aromatic carbocycles. The predicted molar refractivity (Wildman–Crippen MR) is 126 cm³/mol. The first-order valence-electron chi connectivity index (χ1n) is 11.1. The quantitative estimate of drug-likeness (QED) is 0.671. The highest BCUT2D eigenvalue weighted by atomic mass is 32.1. The summed E-state index contributed by atoms with van der Waals surface area (Å²) in [5.74, 6) is -0.739. The van der Waals surface area contributed by atoms with Crippen molar-refractivity contribution in [1.29, 1.82) is 0 Å². The minimum Gasteiger partial charge on any atom is -0.465 e. The van der Waals surface area contributed by atoms with Crippen LogP contribution in [-0.4, -0.2) is 36.9 Å². The number of aryl methyl sites for hydroxylation is 2. The van der Waals surface area contributed by atoms with E-state index >= 15 is 0 Å². The molecule has 0 spiro atoms. The van der Waals surface area contributed by atoms with Crippen molar-refractivity contribution in [1.82, 2.24) is 5.32 Å². The van der Waals surface area contributed by atoms with Crippen LogP contribution in [0.15, 0.2) is 18.2 Å². The lowest BCUT2D eigenvalue weighted by Crippen LogP contribution is -2.59. The number of nitrogens with one attached hydrogen (secondary N) is 2. The van der Waals surface area contributed by atoms with Crippen molar-refractivity contribution >= 4 is 39.7 Å². The number of hydrogen-bond donors (Lipinski definition) is 2. The Morgan fingerprint density at radius 3 is 2.75 bits per heavy atom. The normalized spacial score (nSPS) is 19.6. The van der Waals surface area contributed by atoms with E-state index in [9.17, 15) is 14.4 Å². The van der Waals surface area contributed by atoms with E-state index in [1.807, 2.05) is 26.0 Å². The molecule has 2 aliphatic rings. The Kier molecular flexibility index (Phi) is 5.99. The third kappa shape index (κ3) is 3.77. The molecule has 0 saturated heterocycles. The zero-order chi connectivity index (χ0) is 23.0. The molecule has 0 radical (unpaired) electrons. The molecule has 4 rings (SSSR count). The van der Waals surface area contributed by atoms with Crippen molar-refractivity contribution in [3.63, 3.8) is 0 Å². The zero-order valence-corrected chi connectivity index (χ0v) is 19.8. The monoisotopic (exact) mass is 455 g/mol. The number of benzene rings is 1. The van der Waals surface area contributed by atoms with Crippen LogP contribution in [0.4, 0.5) is 10.7 Å². The molecule has 0 saturated carbocycles. The van der Waals surface area contributed by atoms with Gasteiger partial charge >= 0.3 is 0 Å². The van der Waals surface area contributed by atoms with Crippen LogP contribution in [0.2, 0.25) is 0 Å². The van der Waals surface area contributed by atoms with Crippen LogP contribution in [0.25, 0.3) is 0 Å². The lowest BCUT2D eigenvalue weighted by molar-refractivity contribution is -0.144. The van der Waals surface area contributed by atoms with Gasteiger partial charge in [0.1, 0.15) is 10.8 Å². The van der Waals surface area contributed by atoms with Crippen LogP contribution < -0.4 is 20.3 Å². The van der Waals surface area contributed by atoms with E-state index in [2.05, 4.69) is 10.6 Å². The van der Waals surface area contributed by atoms with Gasteiger partial charge in [0.2, 0.25) is 0 Å². The van der Waals surface area contributed by atoms with Crippen LogP contribution >= 0.6 is 11.3 Å². The summed E-state index contributed by atoms with van der Waals surface area (Å²) in [6, 6.07) is 5.51. The molecule has 170 valence electrons. The van der Waals surface area contributed by atoms with Gasteiger partial charge in [-0.2, -0.15) is 0 Å². The Hall–Kier alpha value is -2.87. The number of anilines is 2.